The molecule has 1 N–H and O–H groups in total. The van der Waals surface area contributed by atoms with E-state index >= 15 is 0 Å². The molecule has 8 heteroatoms. The van der Waals surface area contributed by atoms with E-state index in [9.17, 15) is 14.4 Å². The van der Waals surface area contributed by atoms with Gasteiger partial charge >= 0.3 is 6.09 Å². The minimum atomic E-state index is -0.520. The number of amides is 3. The Labute approximate surface area is 245 Å². The molecule has 214 valence electrons. The van der Waals surface area contributed by atoms with E-state index in [-0.39, 0.29) is 30.7 Å². The van der Waals surface area contributed by atoms with Crippen molar-refractivity contribution in [3.05, 3.63) is 82.7 Å². The summed E-state index contributed by atoms with van der Waals surface area (Å²) in [7, 11) is 0. The maximum Gasteiger partial charge on any atom is 0.420 e. The number of hydrogen-bond donors (Lipinski definition) is 1. The highest BCUT2D eigenvalue weighted by atomic mass is 32.1. The Bertz CT molecular complexity index is 1380. The topological polar surface area (TPSA) is 79.0 Å². The first-order chi connectivity index (χ1) is 19.9. The Hall–Kier alpha value is -3.49. The molecule has 2 atom stereocenters. The number of hydrogen-bond acceptors (Lipinski definition) is 6. The molecule has 1 aromatic heterocycles. The van der Waals surface area contributed by atoms with Crippen LogP contribution in [0.25, 0.3) is 0 Å². The number of aryl methyl sites for hydroxylation is 1. The van der Waals surface area contributed by atoms with E-state index in [0.29, 0.717) is 35.8 Å². The van der Waals surface area contributed by atoms with Gasteiger partial charge in [0.15, 0.2) is 5.06 Å². The fourth-order valence-electron chi connectivity index (χ4n) is 6.81. The van der Waals surface area contributed by atoms with Crippen LogP contribution in [0.4, 0.5) is 10.5 Å². The summed E-state index contributed by atoms with van der Waals surface area (Å²) in [4.78, 5) is 42.2. The smallest absolute Gasteiger partial charge is 0.399 e. The number of piperidine rings is 2. The second-order valence-corrected chi connectivity index (χ2v) is 12.7. The molecule has 6 rings (SSSR count). The molecule has 2 aliphatic heterocycles. The summed E-state index contributed by atoms with van der Waals surface area (Å²) in [6, 6.07) is 20.4. The van der Waals surface area contributed by atoms with Crippen molar-refractivity contribution >= 4 is 34.9 Å². The molecule has 1 aliphatic carbocycles. The highest BCUT2D eigenvalue weighted by molar-refractivity contribution is 7.11. The largest absolute Gasteiger partial charge is 0.420 e. The summed E-state index contributed by atoms with van der Waals surface area (Å²) in [5.41, 5.74) is 3.91. The minimum Gasteiger partial charge on any atom is -0.399 e. The van der Waals surface area contributed by atoms with Crippen LogP contribution in [0.3, 0.4) is 0 Å². The second kappa shape index (κ2) is 11.4. The van der Waals surface area contributed by atoms with Gasteiger partial charge in [-0.3, -0.25) is 24.7 Å². The highest BCUT2D eigenvalue weighted by Gasteiger charge is 2.56. The number of carbonyl (C=O) groups excluding carboxylic acids is 3. The van der Waals surface area contributed by atoms with Gasteiger partial charge < -0.3 is 4.74 Å². The van der Waals surface area contributed by atoms with Crippen molar-refractivity contribution in [1.82, 2.24) is 10.2 Å². The normalized spacial score (nSPS) is 23.1. The standard InChI is InChI=1S/C33H37N3O4S/c1-3-22-7-9-23(10-8-22)18-35-19-26-27(20-35)28(26)21-36(32(39)40-31-6-5-15-41-31)25-13-11-24(12-14-25)33(4-2)16-29(37)34-30(38)17-33/h5-15,26-28H,3-4,16-21H2,1-2H3,(H,34,37,38). The van der Waals surface area contributed by atoms with Gasteiger partial charge in [-0.05, 0) is 76.9 Å². The number of likely N-dealkylation sites (tertiary alicyclic amines) is 1. The Morgan fingerprint density at radius 1 is 0.976 bits per heavy atom. The third-order valence-corrected chi connectivity index (χ3v) is 10.1. The zero-order valence-electron chi connectivity index (χ0n) is 23.7. The number of nitrogens with zero attached hydrogens (tertiary/aromatic N) is 2. The van der Waals surface area contributed by atoms with E-state index in [2.05, 4.69) is 41.4 Å². The van der Waals surface area contributed by atoms with Crippen LogP contribution in [0.5, 0.6) is 5.06 Å². The lowest BCUT2D eigenvalue weighted by Gasteiger charge is -2.35. The molecule has 3 fully saturated rings. The van der Waals surface area contributed by atoms with E-state index in [0.717, 1.165) is 37.3 Å². The molecular formula is C33H37N3O4S. The number of anilines is 1. The molecular weight excluding hydrogens is 534 g/mol. The molecule has 2 aromatic carbocycles. The Morgan fingerprint density at radius 3 is 2.22 bits per heavy atom. The van der Waals surface area contributed by atoms with Crippen molar-refractivity contribution in [2.24, 2.45) is 17.8 Å². The lowest BCUT2D eigenvalue weighted by molar-refractivity contribution is -0.135. The first kappa shape index (κ1) is 27.7. The SMILES string of the molecule is CCc1ccc(CN2CC3C(C2)C3CN(C(=O)Oc2cccs2)c2ccc(C3(CC)CC(=O)NC(=O)C3)cc2)cc1. The fraction of sp³-hybridized carbons (Fsp3) is 0.424. The van der Waals surface area contributed by atoms with E-state index in [1.54, 1.807) is 11.0 Å². The molecule has 3 aliphatic rings. The molecule has 3 heterocycles. The van der Waals surface area contributed by atoms with E-state index in [1.165, 1.54) is 22.5 Å². The van der Waals surface area contributed by atoms with Gasteiger partial charge in [-0.15, -0.1) is 11.3 Å². The van der Waals surface area contributed by atoms with Crippen molar-refractivity contribution in [2.75, 3.05) is 24.5 Å². The lowest BCUT2D eigenvalue weighted by Crippen LogP contribution is -2.46. The van der Waals surface area contributed by atoms with Crippen LogP contribution in [0.15, 0.2) is 66.0 Å². The molecule has 1 saturated carbocycles. The van der Waals surface area contributed by atoms with Crippen molar-refractivity contribution in [3.8, 4) is 5.06 Å². The molecule has 3 aromatic rings. The molecule has 7 nitrogen and oxygen atoms in total. The van der Waals surface area contributed by atoms with Gasteiger partial charge in [-0.2, -0.15) is 0 Å². The van der Waals surface area contributed by atoms with Crippen LogP contribution in [-0.4, -0.2) is 42.4 Å². The zero-order valence-corrected chi connectivity index (χ0v) is 24.5. The lowest BCUT2D eigenvalue weighted by atomic mass is 9.71. The number of imide groups is 1. The minimum absolute atomic E-state index is 0.236. The quantitative estimate of drug-likeness (QED) is 0.330. The predicted molar refractivity (Wildman–Crippen MR) is 160 cm³/mol. The zero-order chi connectivity index (χ0) is 28.6. The third kappa shape index (κ3) is 5.81. The van der Waals surface area contributed by atoms with Crippen molar-refractivity contribution in [2.45, 2.75) is 51.5 Å². The van der Waals surface area contributed by atoms with Crippen LogP contribution in [0.1, 0.15) is 49.8 Å². The van der Waals surface area contributed by atoms with E-state index in [1.807, 2.05) is 42.6 Å². The number of benzene rings is 2. The summed E-state index contributed by atoms with van der Waals surface area (Å²) >= 11 is 1.40. The maximum atomic E-state index is 13.4. The number of fused-ring (bicyclic) bond motifs is 1. The van der Waals surface area contributed by atoms with Crippen molar-refractivity contribution in [1.29, 1.82) is 0 Å². The number of nitrogens with one attached hydrogen (secondary N) is 1. The highest BCUT2D eigenvalue weighted by Crippen LogP contribution is 2.52. The maximum absolute atomic E-state index is 13.4. The molecule has 0 spiro atoms. The van der Waals surface area contributed by atoms with Gasteiger partial charge in [-0.1, -0.05) is 50.2 Å². The van der Waals surface area contributed by atoms with Gasteiger partial charge in [0.25, 0.3) is 0 Å². The predicted octanol–water partition coefficient (Wildman–Crippen LogP) is 5.78. The van der Waals surface area contributed by atoms with Gasteiger partial charge in [0.1, 0.15) is 0 Å². The Kier molecular flexibility index (Phi) is 7.70. The van der Waals surface area contributed by atoms with Crippen LogP contribution in [0.2, 0.25) is 0 Å². The summed E-state index contributed by atoms with van der Waals surface area (Å²) in [6.45, 7) is 7.86. The second-order valence-electron chi connectivity index (χ2n) is 11.8. The van der Waals surface area contributed by atoms with Gasteiger partial charge in [0, 0.05) is 50.1 Å². The van der Waals surface area contributed by atoms with Gasteiger partial charge in [0.05, 0.1) is 0 Å². The third-order valence-electron chi connectivity index (χ3n) is 9.33. The fourth-order valence-corrected chi connectivity index (χ4v) is 7.38. The average Bonchev–Trinajstić information content (AvgIpc) is 3.31. The molecule has 0 bridgehead atoms. The summed E-state index contributed by atoms with van der Waals surface area (Å²) in [5, 5.41) is 4.89. The van der Waals surface area contributed by atoms with Crippen LogP contribution in [0, 0.1) is 17.8 Å². The van der Waals surface area contributed by atoms with E-state index < -0.39 is 5.41 Å². The van der Waals surface area contributed by atoms with Crippen LogP contribution >= 0.6 is 11.3 Å². The molecule has 0 radical (unpaired) electrons. The Morgan fingerprint density at radius 2 is 1.63 bits per heavy atom. The van der Waals surface area contributed by atoms with E-state index in [4.69, 9.17) is 4.74 Å². The first-order valence-electron chi connectivity index (χ1n) is 14.6. The number of carbonyl (C=O) groups is 3. The van der Waals surface area contributed by atoms with Gasteiger partial charge in [-0.25, -0.2) is 4.79 Å². The number of rotatable bonds is 9. The molecule has 41 heavy (non-hydrogen) atoms. The number of thiophene rings is 1. The van der Waals surface area contributed by atoms with Gasteiger partial charge in [0.2, 0.25) is 11.8 Å². The number of ether oxygens (including phenoxy) is 1. The summed E-state index contributed by atoms with van der Waals surface area (Å²) in [5.74, 6) is 1.12. The van der Waals surface area contributed by atoms with Crippen LogP contribution in [-0.2, 0) is 28.0 Å². The average molecular weight is 572 g/mol. The van der Waals surface area contributed by atoms with Crippen molar-refractivity contribution < 1.29 is 19.1 Å². The Balaban J connectivity index is 1.15. The summed E-state index contributed by atoms with van der Waals surface area (Å²) < 4.78 is 5.75. The molecule has 2 unspecified atom stereocenters. The monoisotopic (exact) mass is 571 g/mol. The molecule has 2 saturated heterocycles. The van der Waals surface area contributed by atoms with Crippen LogP contribution < -0.4 is 15.0 Å². The van der Waals surface area contributed by atoms with Crippen molar-refractivity contribution in [3.63, 3.8) is 0 Å². The summed E-state index contributed by atoms with van der Waals surface area (Å²) in [6.07, 6.45) is 1.92. The first-order valence-corrected chi connectivity index (χ1v) is 15.5. The molecule has 3 amide bonds.